The zero-order valence-corrected chi connectivity index (χ0v) is 35.3. The molecule has 4 N–H and O–H groups in total. The van der Waals surface area contributed by atoms with Gasteiger partial charge in [0.25, 0.3) is 0 Å². The van der Waals surface area contributed by atoms with Crippen molar-refractivity contribution in [3.05, 3.63) is 60.3 Å². The molecule has 0 saturated carbocycles. The molecule has 0 aliphatic carbocycles. The van der Waals surface area contributed by atoms with Gasteiger partial charge in [0.2, 0.25) is 11.8 Å². The third kappa shape index (κ3) is 8.50. The van der Waals surface area contributed by atoms with E-state index in [1.165, 1.54) is 14.2 Å². The molecule has 3 aromatic heterocycles. The highest BCUT2D eigenvalue weighted by Crippen LogP contribution is 2.36. The average Bonchev–Trinajstić information content (AvgIpc) is 4.12. The van der Waals surface area contributed by atoms with Gasteiger partial charge in [-0.25, -0.2) is 19.6 Å². The molecule has 2 saturated heterocycles. The fourth-order valence-electron chi connectivity index (χ4n) is 8.99. The van der Waals surface area contributed by atoms with E-state index < -0.39 is 24.3 Å². The molecule has 2 aliphatic rings. The highest BCUT2D eigenvalue weighted by atomic mass is 16.5. The van der Waals surface area contributed by atoms with Crippen LogP contribution in [0.3, 0.4) is 0 Å². The first kappa shape index (κ1) is 42.1. The first-order valence-corrected chi connectivity index (χ1v) is 21.2. The molecular weight excluding hydrogens is 765 g/mol. The molecular formula is C44H56N10O6. The van der Waals surface area contributed by atoms with Crippen LogP contribution in [0.5, 0.6) is 0 Å². The maximum Gasteiger partial charge on any atom is 0.407 e. The number of fused-ring (bicyclic) bond motifs is 2. The Morgan fingerprint density at radius 3 is 1.88 bits per heavy atom. The Balaban J connectivity index is 1.07. The van der Waals surface area contributed by atoms with Gasteiger partial charge in [0.05, 0.1) is 60.4 Å². The van der Waals surface area contributed by atoms with Crippen molar-refractivity contribution in [2.75, 3.05) is 27.3 Å². The lowest BCUT2D eigenvalue weighted by atomic mass is 9.93. The highest BCUT2D eigenvalue weighted by molar-refractivity contribution is 5.89. The van der Waals surface area contributed by atoms with E-state index in [0.717, 1.165) is 90.1 Å². The summed E-state index contributed by atoms with van der Waals surface area (Å²) in [5, 5.41) is 15.7. The molecule has 2 aromatic carbocycles. The van der Waals surface area contributed by atoms with Gasteiger partial charge in [-0.1, -0.05) is 71.6 Å². The van der Waals surface area contributed by atoms with Crippen molar-refractivity contribution >= 4 is 45.9 Å². The lowest BCUT2D eigenvalue weighted by Gasteiger charge is -2.31. The second kappa shape index (κ2) is 18.5. The number of nitrogens with one attached hydrogen (secondary N) is 4. The van der Waals surface area contributed by atoms with Crippen LogP contribution >= 0.6 is 0 Å². The number of methoxy groups -OCH3 is 2. The summed E-state index contributed by atoms with van der Waals surface area (Å²) in [6, 6.07) is 12.1. The molecule has 0 bridgehead atoms. The summed E-state index contributed by atoms with van der Waals surface area (Å²) in [4.78, 5) is 72.5. The third-order valence-corrected chi connectivity index (χ3v) is 12.5. The number of hydrogen-bond acceptors (Lipinski definition) is 10. The van der Waals surface area contributed by atoms with E-state index in [0.29, 0.717) is 30.4 Å². The number of aromatic nitrogens is 6. The van der Waals surface area contributed by atoms with Crippen LogP contribution in [0.2, 0.25) is 0 Å². The molecule has 5 heterocycles. The Hall–Kier alpha value is -6.06. The maximum atomic E-state index is 14.0. The van der Waals surface area contributed by atoms with E-state index >= 15 is 0 Å². The molecule has 60 heavy (non-hydrogen) atoms. The van der Waals surface area contributed by atoms with Crippen LogP contribution < -0.4 is 10.6 Å². The number of rotatable bonds is 14. The second-order valence-corrected chi connectivity index (χ2v) is 15.8. The van der Waals surface area contributed by atoms with Gasteiger partial charge in [-0.15, -0.1) is 10.2 Å². The number of aromatic amines is 2. The van der Waals surface area contributed by atoms with E-state index in [1.54, 1.807) is 6.20 Å². The second-order valence-electron chi connectivity index (χ2n) is 15.8. The zero-order chi connectivity index (χ0) is 42.5. The van der Waals surface area contributed by atoms with Crippen LogP contribution in [0.4, 0.5) is 9.59 Å². The first-order chi connectivity index (χ1) is 29.1. The van der Waals surface area contributed by atoms with Gasteiger partial charge in [0.15, 0.2) is 0 Å². The van der Waals surface area contributed by atoms with Crippen LogP contribution in [0.25, 0.3) is 44.5 Å². The Kier molecular flexibility index (Phi) is 13.0. The van der Waals surface area contributed by atoms with Crippen molar-refractivity contribution in [2.45, 2.75) is 103 Å². The number of nitrogens with zero attached hydrogens (tertiary/aromatic N) is 6. The lowest BCUT2D eigenvalue weighted by molar-refractivity contribution is -0.136. The van der Waals surface area contributed by atoms with Crippen molar-refractivity contribution in [3.8, 4) is 22.5 Å². The third-order valence-electron chi connectivity index (χ3n) is 12.5. The quantitative estimate of drug-likeness (QED) is 0.0887. The van der Waals surface area contributed by atoms with Crippen LogP contribution in [0.15, 0.2) is 48.7 Å². The molecule has 0 radical (unpaired) electrons. The first-order valence-electron chi connectivity index (χ1n) is 21.2. The molecule has 16 heteroatoms. The molecule has 2 aliphatic heterocycles. The number of carbonyl (C=O) groups is 4. The molecule has 2 fully saturated rings. The number of H-pyrrole nitrogens is 2. The molecule has 4 amide bonds. The van der Waals surface area contributed by atoms with E-state index in [4.69, 9.17) is 19.4 Å². The molecule has 0 spiro atoms. The summed E-state index contributed by atoms with van der Waals surface area (Å²) in [5.74, 6) is 1.13. The normalized spacial score (nSPS) is 17.7. The topological polar surface area (TPSA) is 200 Å². The molecule has 318 valence electrons. The summed E-state index contributed by atoms with van der Waals surface area (Å²) in [6.45, 7) is 9.26. The monoisotopic (exact) mass is 820 g/mol. The standard InChI is InChI=1S/C44H56N10O6/c1-7-25(8-2)37(49-43(57)59-5)41(55)53-19-11-13-35(53)39-45-24-34(48-39)29-16-15-27-21-31(51-52-32(27)22-29)28-17-18-30-33(23-28)47-40(46-30)36-14-12-20-54(36)42(56)38(26(9-3)10-4)50-44(58)60-6/h15-18,21-26,35-38H,7-14,19-20H2,1-6H3,(H,45,48)(H,46,47)(H,49,57)(H,50,58)/t35-,36-,37-,38-/m0/s1. The van der Waals surface area contributed by atoms with E-state index in [2.05, 4.69) is 30.8 Å². The molecule has 0 unspecified atom stereocenters. The average molecular weight is 821 g/mol. The Morgan fingerprint density at radius 1 is 0.717 bits per heavy atom. The number of amides is 4. The minimum absolute atomic E-state index is 0.0189. The largest absolute Gasteiger partial charge is 0.453 e. The molecule has 7 rings (SSSR count). The predicted molar refractivity (Wildman–Crippen MR) is 226 cm³/mol. The van der Waals surface area contributed by atoms with Crippen LogP contribution in [0.1, 0.15) is 103 Å². The summed E-state index contributed by atoms with van der Waals surface area (Å²) in [5.41, 5.74) is 5.59. The highest BCUT2D eigenvalue weighted by Gasteiger charge is 2.40. The lowest BCUT2D eigenvalue weighted by Crippen LogP contribution is -2.52. The number of hydrogen-bond donors (Lipinski definition) is 4. The van der Waals surface area contributed by atoms with Crippen LogP contribution in [0, 0.1) is 11.8 Å². The zero-order valence-electron chi connectivity index (χ0n) is 35.3. The fourth-order valence-corrected chi connectivity index (χ4v) is 8.99. The smallest absolute Gasteiger partial charge is 0.407 e. The van der Waals surface area contributed by atoms with Crippen LogP contribution in [-0.4, -0.2) is 103 Å². The minimum Gasteiger partial charge on any atom is -0.453 e. The summed E-state index contributed by atoms with van der Waals surface area (Å²) in [7, 11) is 2.61. The molecule has 4 atom stereocenters. The van der Waals surface area contributed by atoms with Gasteiger partial charge in [-0.3, -0.25) is 9.59 Å². The van der Waals surface area contributed by atoms with Crippen molar-refractivity contribution in [2.24, 2.45) is 11.8 Å². The predicted octanol–water partition coefficient (Wildman–Crippen LogP) is 7.21. The summed E-state index contributed by atoms with van der Waals surface area (Å²) < 4.78 is 9.71. The number of carbonyl (C=O) groups excluding carboxylic acids is 4. The van der Waals surface area contributed by atoms with Gasteiger partial charge in [-0.2, -0.15) is 0 Å². The summed E-state index contributed by atoms with van der Waals surface area (Å²) >= 11 is 0. The van der Waals surface area contributed by atoms with E-state index in [9.17, 15) is 19.2 Å². The SMILES string of the molecule is CCC(CC)[C@H](NC(=O)OC)C(=O)N1CCC[C@H]1c1ncc(-c2ccc3cc(-c4ccc5nc([C@@H]6CCCN6C(=O)[C@@H](NC(=O)OC)C(CC)CC)[nH]c5c4)nnc3c2)[nH]1. The number of imidazole rings is 2. The number of benzene rings is 2. The van der Waals surface area contributed by atoms with E-state index in [-0.39, 0.29) is 35.7 Å². The van der Waals surface area contributed by atoms with Crippen molar-refractivity contribution < 1.29 is 28.7 Å². The van der Waals surface area contributed by atoms with Gasteiger partial charge in [-0.05, 0) is 61.8 Å². The molecule has 5 aromatic rings. The number of alkyl carbamates (subject to hydrolysis) is 2. The Morgan fingerprint density at radius 2 is 1.30 bits per heavy atom. The molecule has 16 nitrogen and oxygen atoms in total. The summed E-state index contributed by atoms with van der Waals surface area (Å²) in [6.07, 6.45) is 6.73. The van der Waals surface area contributed by atoms with Crippen molar-refractivity contribution in [1.29, 1.82) is 0 Å². The van der Waals surface area contributed by atoms with Crippen molar-refractivity contribution in [1.82, 2.24) is 50.6 Å². The van der Waals surface area contributed by atoms with Crippen molar-refractivity contribution in [3.63, 3.8) is 0 Å². The van der Waals surface area contributed by atoms with Crippen LogP contribution in [-0.2, 0) is 19.1 Å². The maximum absolute atomic E-state index is 14.0. The number of ether oxygens (including phenoxy) is 2. The van der Waals surface area contributed by atoms with E-state index in [1.807, 2.05) is 80.0 Å². The van der Waals surface area contributed by atoms with Gasteiger partial charge >= 0.3 is 12.2 Å². The van der Waals surface area contributed by atoms with Gasteiger partial charge < -0.3 is 39.9 Å². The van der Waals surface area contributed by atoms with Gasteiger partial charge in [0, 0.05) is 29.6 Å². The Labute approximate surface area is 349 Å². The van der Waals surface area contributed by atoms with Gasteiger partial charge in [0.1, 0.15) is 23.7 Å². The number of likely N-dealkylation sites (tertiary alicyclic amines) is 2. The minimum atomic E-state index is -0.680. The Bertz CT molecular complexity index is 2330. The fraction of sp³-hybridized carbons (Fsp3) is 0.500.